The summed E-state index contributed by atoms with van der Waals surface area (Å²) in [7, 11) is 0. The van der Waals surface area contributed by atoms with Gasteiger partial charge in [0.05, 0.1) is 6.42 Å². The number of esters is 1. The van der Waals surface area contributed by atoms with Crippen molar-refractivity contribution in [2.75, 3.05) is 6.61 Å². The molecule has 0 aromatic carbocycles. The Morgan fingerprint density at radius 2 is 1.73 bits per heavy atom. The van der Waals surface area contributed by atoms with Gasteiger partial charge < -0.3 is 26.0 Å². The van der Waals surface area contributed by atoms with Gasteiger partial charge in [-0.1, -0.05) is 19.4 Å². The molecule has 3 saturated carbocycles. The largest absolute Gasteiger partial charge is 0.480 e. The first kappa shape index (κ1) is 30.9. The van der Waals surface area contributed by atoms with Crippen LogP contribution in [0.1, 0.15) is 90.9 Å². The number of hydrogen-bond donors (Lipinski definition) is 4. The maximum absolute atomic E-state index is 13.3. The monoisotopic (exact) mass is 574 g/mol. The highest BCUT2D eigenvalue weighted by molar-refractivity contribution is 5.92. The maximum atomic E-state index is 13.3. The molecule has 0 aromatic heterocycles. The zero-order chi connectivity index (χ0) is 30.2. The van der Waals surface area contributed by atoms with Crippen LogP contribution in [0.4, 0.5) is 0 Å². The fourth-order valence-electron chi connectivity index (χ4n) is 8.40. The van der Waals surface area contributed by atoms with Crippen molar-refractivity contribution >= 4 is 35.3 Å². The normalized spacial score (nSPS) is 34.8. The van der Waals surface area contributed by atoms with Crippen molar-refractivity contribution in [2.24, 2.45) is 34.3 Å². The smallest absolute Gasteiger partial charge is 0.326 e. The average molecular weight is 575 g/mol. The number of amides is 2. The van der Waals surface area contributed by atoms with Crippen LogP contribution in [0.5, 0.6) is 0 Å². The van der Waals surface area contributed by atoms with Crippen molar-refractivity contribution in [2.45, 2.75) is 103 Å². The Morgan fingerprint density at radius 1 is 1.02 bits per heavy atom. The third-order valence-electron chi connectivity index (χ3n) is 10.8. The zero-order valence-electron chi connectivity index (χ0n) is 23.9. The summed E-state index contributed by atoms with van der Waals surface area (Å²) in [5, 5.41) is 23.2. The number of Topliss-reactive ketones (excluding diaryl/α,β-unsaturated/α-hetero) is 1. The third kappa shape index (κ3) is 5.82. The van der Waals surface area contributed by atoms with Gasteiger partial charge in [-0.2, -0.15) is 0 Å². The van der Waals surface area contributed by atoms with Crippen LogP contribution >= 0.6 is 0 Å². The van der Waals surface area contributed by atoms with Crippen molar-refractivity contribution in [3.63, 3.8) is 0 Å². The molecule has 0 heterocycles. The molecule has 226 valence electrons. The Kier molecular flexibility index (Phi) is 8.78. The Balaban J connectivity index is 1.31. The van der Waals surface area contributed by atoms with E-state index in [0.717, 1.165) is 25.7 Å². The number of fused-ring (bicyclic) bond motifs is 5. The van der Waals surface area contributed by atoms with Gasteiger partial charge in [-0.15, -0.1) is 0 Å². The number of ether oxygens (including phenoxy) is 1. The molecule has 0 saturated heterocycles. The van der Waals surface area contributed by atoms with Gasteiger partial charge in [0, 0.05) is 24.7 Å². The van der Waals surface area contributed by atoms with E-state index in [-0.39, 0.29) is 42.8 Å². The van der Waals surface area contributed by atoms with Crippen LogP contribution in [-0.4, -0.2) is 63.8 Å². The van der Waals surface area contributed by atoms with E-state index in [2.05, 4.69) is 12.2 Å². The molecular formula is C30H42N2O9. The van der Waals surface area contributed by atoms with Crippen LogP contribution in [0.25, 0.3) is 0 Å². The number of ketones is 2. The molecule has 5 N–H and O–H groups in total. The van der Waals surface area contributed by atoms with E-state index in [9.17, 15) is 39.0 Å². The second kappa shape index (κ2) is 11.7. The number of allylic oxidation sites excluding steroid dienone is 1. The zero-order valence-corrected chi connectivity index (χ0v) is 23.9. The molecule has 4 aliphatic rings. The maximum Gasteiger partial charge on any atom is 0.326 e. The van der Waals surface area contributed by atoms with Gasteiger partial charge in [0.15, 0.2) is 12.4 Å². The quantitative estimate of drug-likeness (QED) is 0.267. The number of carboxylic acids is 1. The number of aliphatic carboxylic acids is 1. The number of nitrogens with one attached hydrogen (secondary N) is 1. The van der Waals surface area contributed by atoms with E-state index in [1.165, 1.54) is 5.57 Å². The van der Waals surface area contributed by atoms with Crippen LogP contribution in [0, 0.1) is 28.6 Å². The predicted octanol–water partition coefficient (Wildman–Crippen LogP) is 1.98. The molecule has 4 unspecified atom stereocenters. The number of carbonyl (C=O) groups excluding carboxylic acids is 5. The molecule has 0 radical (unpaired) electrons. The molecule has 4 rings (SSSR count). The van der Waals surface area contributed by atoms with E-state index in [4.69, 9.17) is 10.5 Å². The Morgan fingerprint density at radius 3 is 2.41 bits per heavy atom. The van der Waals surface area contributed by atoms with Crippen molar-refractivity contribution in [3.05, 3.63) is 11.6 Å². The van der Waals surface area contributed by atoms with Gasteiger partial charge in [0.1, 0.15) is 11.6 Å². The molecule has 2 amide bonds. The minimum atomic E-state index is -1.62. The van der Waals surface area contributed by atoms with Crippen molar-refractivity contribution < 1.29 is 43.7 Å². The summed E-state index contributed by atoms with van der Waals surface area (Å²) in [4.78, 5) is 72.0. The number of nitrogens with two attached hydrogens (primary N) is 1. The Labute approximate surface area is 239 Å². The minimum Gasteiger partial charge on any atom is -0.480 e. The van der Waals surface area contributed by atoms with E-state index >= 15 is 0 Å². The van der Waals surface area contributed by atoms with Gasteiger partial charge in [-0.3, -0.25) is 24.0 Å². The van der Waals surface area contributed by atoms with Gasteiger partial charge in [-0.05, 0) is 80.6 Å². The highest BCUT2D eigenvalue weighted by Crippen LogP contribution is 2.67. The number of carboxylic acid groups (broad SMARTS) is 1. The molecular weight excluding hydrogens is 532 g/mol. The fourth-order valence-corrected chi connectivity index (χ4v) is 8.40. The molecule has 0 aliphatic heterocycles. The topological polar surface area (TPSA) is 190 Å². The highest BCUT2D eigenvalue weighted by atomic mass is 16.5. The molecule has 41 heavy (non-hydrogen) atoms. The average Bonchev–Trinajstić information content (AvgIpc) is 3.20. The van der Waals surface area contributed by atoms with Crippen molar-refractivity contribution in [3.8, 4) is 0 Å². The number of carbonyl (C=O) groups is 6. The summed E-state index contributed by atoms with van der Waals surface area (Å²) in [6.45, 7) is 3.66. The summed E-state index contributed by atoms with van der Waals surface area (Å²) in [6, 6.07) is -1.32. The van der Waals surface area contributed by atoms with Crippen LogP contribution in [0.2, 0.25) is 0 Å². The lowest BCUT2D eigenvalue weighted by Gasteiger charge is -2.58. The standard InChI is InChI=1S/C30H42N2O9/c1-28-12-9-18(33)15-17(28)3-4-19-20(28)10-13-29(2)21(19)11-14-30(29,40)23(34)16-41-26(37)8-7-25(36)32-22(27(38)39)5-6-24(31)35/h15,19-22,40H,3-14,16H2,1-2H3,(H2,31,35)(H,32,36)(H,38,39)/t19?,20?,21?,22?,28-,29-,30-/m0/s1. The lowest BCUT2D eigenvalue weighted by atomic mass is 9.46. The van der Waals surface area contributed by atoms with Crippen LogP contribution in [0.15, 0.2) is 11.6 Å². The molecule has 0 aromatic rings. The third-order valence-corrected chi connectivity index (χ3v) is 10.8. The van der Waals surface area contributed by atoms with Gasteiger partial charge in [-0.25, -0.2) is 4.79 Å². The molecule has 11 nitrogen and oxygen atoms in total. The number of primary amides is 1. The second-order valence-corrected chi connectivity index (χ2v) is 12.9. The van der Waals surface area contributed by atoms with Gasteiger partial charge in [0.2, 0.25) is 17.6 Å². The second-order valence-electron chi connectivity index (χ2n) is 12.9. The van der Waals surface area contributed by atoms with Gasteiger partial charge in [0.25, 0.3) is 0 Å². The molecule has 4 aliphatic carbocycles. The Hall–Kier alpha value is -3.08. The SMILES string of the molecule is C[C@]12CCC(=O)C=C1CCC1C2CC[C@@]2(C)C1CC[C@]2(O)C(=O)COC(=O)CCC(=O)NC(CCC(N)=O)C(=O)O. The molecule has 0 spiro atoms. The summed E-state index contributed by atoms with van der Waals surface area (Å²) < 4.78 is 5.15. The highest BCUT2D eigenvalue weighted by Gasteiger charge is 2.66. The molecule has 7 atom stereocenters. The summed E-state index contributed by atoms with van der Waals surface area (Å²) in [5.41, 5.74) is 4.01. The Bertz CT molecular complexity index is 1160. The number of rotatable bonds is 11. The van der Waals surface area contributed by atoms with E-state index in [1.54, 1.807) is 0 Å². The van der Waals surface area contributed by atoms with Crippen molar-refractivity contribution in [1.29, 1.82) is 0 Å². The van der Waals surface area contributed by atoms with Crippen LogP contribution in [0.3, 0.4) is 0 Å². The van der Waals surface area contributed by atoms with E-state index in [0.29, 0.717) is 37.5 Å². The van der Waals surface area contributed by atoms with Crippen molar-refractivity contribution in [1.82, 2.24) is 5.32 Å². The molecule has 11 heteroatoms. The fraction of sp³-hybridized carbons (Fsp3) is 0.733. The predicted molar refractivity (Wildman–Crippen MR) is 145 cm³/mol. The van der Waals surface area contributed by atoms with Crippen LogP contribution < -0.4 is 11.1 Å². The molecule has 0 bridgehead atoms. The van der Waals surface area contributed by atoms with Crippen LogP contribution in [-0.2, 0) is 33.5 Å². The number of aliphatic hydroxyl groups is 1. The first-order valence-electron chi connectivity index (χ1n) is 14.7. The van der Waals surface area contributed by atoms with E-state index in [1.807, 2.05) is 13.0 Å². The summed E-state index contributed by atoms with van der Waals surface area (Å²) in [5.74, 6) is -2.97. The first-order valence-corrected chi connectivity index (χ1v) is 14.7. The lowest BCUT2D eigenvalue weighted by Crippen LogP contribution is -2.58. The number of hydrogen-bond acceptors (Lipinski definition) is 8. The van der Waals surface area contributed by atoms with Gasteiger partial charge >= 0.3 is 11.9 Å². The summed E-state index contributed by atoms with van der Waals surface area (Å²) >= 11 is 0. The minimum absolute atomic E-state index is 0.0168. The van der Waals surface area contributed by atoms with E-state index < -0.39 is 53.2 Å². The molecule has 3 fully saturated rings. The lowest BCUT2D eigenvalue weighted by molar-refractivity contribution is -0.170. The first-order chi connectivity index (χ1) is 19.2. The summed E-state index contributed by atoms with van der Waals surface area (Å²) in [6.07, 6.45) is 6.50.